The van der Waals surface area contributed by atoms with Crippen molar-refractivity contribution >= 4 is 16.3 Å². The van der Waals surface area contributed by atoms with Gasteiger partial charge in [0.05, 0.1) is 0 Å². The van der Waals surface area contributed by atoms with Crippen molar-refractivity contribution < 1.29 is 13.2 Å². The summed E-state index contributed by atoms with van der Waals surface area (Å²) in [4.78, 5) is 0.197. The summed E-state index contributed by atoms with van der Waals surface area (Å²) in [5.74, 6) is -0.879. The van der Waals surface area contributed by atoms with Crippen LogP contribution in [0, 0.1) is 0 Å². The van der Waals surface area contributed by atoms with Crippen molar-refractivity contribution in [2.24, 2.45) is 0 Å². The lowest BCUT2D eigenvalue weighted by Gasteiger charge is -2.19. The van der Waals surface area contributed by atoms with Gasteiger partial charge >= 0.3 is 6.18 Å². The second-order valence-corrected chi connectivity index (χ2v) is 5.19. The number of nitrogens with one attached hydrogen (secondary N) is 1. The summed E-state index contributed by atoms with van der Waals surface area (Å²) in [6, 6.07) is 0. The minimum absolute atomic E-state index is 0.173. The zero-order valence-electron chi connectivity index (χ0n) is 9.24. The normalized spacial score (nSPS) is 21.6. The number of hydrogen-bond donors (Lipinski definition) is 1. The topological polar surface area (TPSA) is 55.1 Å². The minimum atomic E-state index is -4.52. The van der Waals surface area contributed by atoms with E-state index in [1.165, 1.54) is 11.3 Å². The number of aromatic nitrogens is 4. The maximum absolute atomic E-state index is 12.6. The van der Waals surface area contributed by atoms with Crippen LogP contribution in [0.25, 0.3) is 4.96 Å². The van der Waals surface area contributed by atoms with Crippen molar-refractivity contribution in [3.63, 3.8) is 0 Å². The fourth-order valence-electron chi connectivity index (χ4n) is 2.04. The molecule has 0 aromatic carbocycles. The standard InChI is InChI=1S/C9H10F3N5S/c10-9(11,12)7-14-15-8-17(7)16-6(18-8)5-2-1-3-13-4-5/h5,13H,1-4H2. The van der Waals surface area contributed by atoms with Gasteiger partial charge in [-0.25, -0.2) is 0 Å². The van der Waals surface area contributed by atoms with Gasteiger partial charge in [-0.1, -0.05) is 11.3 Å². The van der Waals surface area contributed by atoms with Gasteiger partial charge in [-0.15, -0.1) is 10.2 Å². The van der Waals surface area contributed by atoms with E-state index < -0.39 is 12.0 Å². The molecule has 1 aliphatic heterocycles. The first-order valence-corrected chi connectivity index (χ1v) is 6.37. The minimum Gasteiger partial charge on any atom is -0.316 e. The summed E-state index contributed by atoms with van der Waals surface area (Å²) in [5, 5.41) is 14.6. The number of hydrogen-bond acceptors (Lipinski definition) is 5. The van der Waals surface area contributed by atoms with E-state index in [1.807, 2.05) is 0 Å². The Kier molecular flexibility index (Phi) is 2.74. The van der Waals surface area contributed by atoms with Gasteiger partial charge < -0.3 is 5.32 Å². The highest BCUT2D eigenvalue weighted by molar-refractivity contribution is 7.16. The van der Waals surface area contributed by atoms with E-state index in [4.69, 9.17) is 0 Å². The maximum atomic E-state index is 12.6. The molecule has 1 N–H and O–H groups in total. The molecule has 1 fully saturated rings. The quantitative estimate of drug-likeness (QED) is 0.861. The van der Waals surface area contributed by atoms with E-state index in [2.05, 4.69) is 20.6 Å². The summed E-state index contributed by atoms with van der Waals surface area (Å²) >= 11 is 1.18. The molecule has 0 bridgehead atoms. The van der Waals surface area contributed by atoms with Crippen molar-refractivity contribution in [1.29, 1.82) is 0 Å². The number of piperidine rings is 1. The number of nitrogens with zero attached hydrogens (tertiary/aromatic N) is 4. The first kappa shape index (κ1) is 11.8. The van der Waals surface area contributed by atoms with E-state index in [0.717, 1.165) is 30.4 Å². The van der Waals surface area contributed by atoms with Crippen LogP contribution in [0.4, 0.5) is 13.2 Å². The Bertz CT molecular complexity index is 554. The Hall–Kier alpha value is -1.22. The van der Waals surface area contributed by atoms with Crippen LogP contribution in [0.1, 0.15) is 29.6 Å². The lowest BCUT2D eigenvalue weighted by molar-refractivity contribution is -0.146. The molecular weight excluding hydrogens is 267 g/mol. The molecule has 3 heterocycles. The third kappa shape index (κ3) is 1.97. The van der Waals surface area contributed by atoms with E-state index in [-0.39, 0.29) is 10.9 Å². The first-order chi connectivity index (χ1) is 8.55. The predicted molar refractivity (Wildman–Crippen MR) is 58.5 cm³/mol. The lowest BCUT2D eigenvalue weighted by atomic mass is 10.0. The average Bonchev–Trinajstić information content (AvgIpc) is 2.87. The summed E-state index contributed by atoms with van der Waals surface area (Å²) in [6.07, 6.45) is -2.56. The smallest absolute Gasteiger partial charge is 0.316 e. The Labute approximate surface area is 104 Å². The van der Waals surface area contributed by atoms with Crippen molar-refractivity contribution in [2.45, 2.75) is 24.9 Å². The molecule has 0 amide bonds. The van der Waals surface area contributed by atoms with Crippen LogP contribution >= 0.6 is 11.3 Å². The summed E-state index contributed by atoms with van der Waals surface area (Å²) < 4.78 is 38.7. The van der Waals surface area contributed by atoms with Crippen molar-refractivity contribution in [2.75, 3.05) is 13.1 Å². The molecule has 98 valence electrons. The molecule has 9 heteroatoms. The van der Waals surface area contributed by atoms with Crippen LogP contribution in [0.2, 0.25) is 0 Å². The fourth-order valence-corrected chi connectivity index (χ4v) is 3.01. The maximum Gasteiger partial charge on any atom is 0.453 e. The van der Waals surface area contributed by atoms with Crippen LogP contribution in [0.3, 0.4) is 0 Å². The summed E-state index contributed by atoms with van der Waals surface area (Å²) in [7, 11) is 0. The second-order valence-electron chi connectivity index (χ2n) is 4.20. The molecule has 1 atom stereocenters. The predicted octanol–water partition coefficient (Wildman–Crippen LogP) is 1.67. The highest BCUT2D eigenvalue weighted by Crippen LogP contribution is 2.32. The molecule has 0 radical (unpaired) electrons. The zero-order chi connectivity index (χ0) is 12.8. The average molecular weight is 277 g/mol. The molecule has 1 unspecified atom stereocenters. The molecule has 1 aliphatic rings. The van der Waals surface area contributed by atoms with Crippen LogP contribution < -0.4 is 5.32 Å². The molecule has 18 heavy (non-hydrogen) atoms. The third-order valence-electron chi connectivity index (χ3n) is 2.91. The molecule has 3 rings (SSSR count). The molecule has 1 saturated heterocycles. The Morgan fingerprint density at radius 3 is 2.83 bits per heavy atom. The number of rotatable bonds is 1. The highest BCUT2D eigenvalue weighted by Gasteiger charge is 2.38. The molecule has 0 saturated carbocycles. The van der Waals surface area contributed by atoms with Gasteiger partial charge in [-0.05, 0) is 19.4 Å². The SMILES string of the molecule is FC(F)(F)c1nnc2sc(C3CCCNC3)nn12. The Balaban J connectivity index is 1.98. The van der Waals surface area contributed by atoms with Crippen LogP contribution in [-0.2, 0) is 6.18 Å². The molecular formula is C9H10F3N5S. The second kappa shape index (κ2) is 4.16. The monoisotopic (exact) mass is 277 g/mol. The van der Waals surface area contributed by atoms with Gasteiger partial charge in [0.25, 0.3) is 5.82 Å². The molecule has 2 aromatic rings. The van der Waals surface area contributed by atoms with E-state index in [9.17, 15) is 13.2 Å². The summed E-state index contributed by atoms with van der Waals surface area (Å²) in [6.45, 7) is 1.71. The largest absolute Gasteiger partial charge is 0.453 e. The van der Waals surface area contributed by atoms with Crippen molar-refractivity contribution in [1.82, 2.24) is 25.1 Å². The van der Waals surface area contributed by atoms with Crippen LogP contribution in [0.15, 0.2) is 0 Å². The van der Waals surface area contributed by atoms with Crippen molar-refractivity contribution in [3.05, 3.63) is 10.8 Å². The highest BCUT2D eigenvalue weighted by atomic mass is 32.1. The van der Waals surface area contributed by atoms with Crippen molar-refractivity contribution in [3.8, 4) is 0 Å². The number of alkyl halides is 3. The molecule has 5 nitrogen and oxygen atoms in total. The van der Waals surface area contributed by atoms with E-state index >= 15 is 0 Å². The fraction of sp³-hybridized carbons (Fsp3) is 0.667. The zero-order valence-corrected chi connectivity index (χ0v) is 10.1. The van der Waals surface area contributed by atoms with Gasteiger partial charge in [-0.2, -0.15) is 22.8 Å². The number of halogens is 3. The first-order valence-electron chi connectivity index (χ1n) is 5.56. The van der Waals surface area contributed by atoms with Gasteiger partial charge in [0.15, 0.2) is 0 Å². The molecule has 2 aromatic heterocycles. The van der Waals surface area contributed by atoms with Crippen LogP contribution in [-0.4, -0.2) is 32.9 Å². The van der Waals surface area contributed by atoms with E-state index in [1.54, 1.807) is 0 Å². The van der Waals surface area contributed by atoms with Gasteiger partial charge in [0.2, 0.25) is 4.96 Å². The summed E-state index contributed by atoms with van der Waals surface area (Å²) in [5.41, 5.74) is 0. The Morgan fingerprint density at radius 2 is 2.17 bits per heavy atom. The van der Waals surface area contributed by atoms with Gasteiger partial charge in [0.1, 0.15) is 5.01 Å². The number of fused-ring (bicyclic) bond motifs is 1. The lowest BCUT2D eigenvalue weighted by Crippen LogP contribution is -2.28. The molecule has 0 aliphatic carbocycles. The van der Waals surface area contributed by atoms with Gasteiger partial charge in [-0.3, -0.25) is 0 Å². The third-order valence-corrected chi connectivity index (χ3v) is 3.97. The Morgan fingerprint density at radius 1 is 1.33 bits per heavy atom. The van der Waals surface area contributed by atoms with E-state index in [0.29, 0.717) is 5.01 Å². The molecule has 0 spiro atoms. The van der Waals surface area contributed by atoms with Gasteiger partial charge in [0, 0.05) is 12.5 Å². The van der Waals surface area contributed by atoms with Crippen LogP contribution in [0.5, 0.6) is 0 Å².